The lowest BCUT2D eigenvalue weighted by molar-refractivity contribution is -0.228. The van der Waals surface area contributed by atoms with E-state index in [9.17, 15) is 63.6 Å². The van der Waals surface area contributed by atoms with Crippen LogP contribution in [0.15, 0.2) is 30.4 Å². The monoisotopic (exact) mass is 1000 g/mol. The predicted octanol–water partition coefficient (Wildman–Crippen LogP) is -0.429. The summed E-state index contributed by atoms with van der Waals surface area (Å²) in [6, 6.07) is 1.92. The van der Waals surface area contributed by atoms with E-state index in [4.69, 9.17) is 23.7 Å². The van der Waals surface area contributed by atoms with E-state index in [1.807, 2.05) is 0 Å². The van der Waals surface area contributed by atoms with Gasteiger partial charge in [-0.05, 0) is 69.6 Å². The number of rotatable bonds is 28. The number of hydrogen-bond donors (Lipinski definition) is 6. The maximum absolute atomic E-state index is 13.8. The van der Waals surface area contributed by atoms with Crippen molar-refractivity contribution in [2.75, 3.05) is 53.2 Å². The molecule has 0 unspecified atom stereocenters. The minimum Gasteiger partial charge on any atom is -0.479 e. The van der Waals surface area contributed by atoms with Gasteiger partial charge in [-0.3, -0.25) is 43.3 Å². The molecule has 4 rings (SSSR count). The van der Waals surface area contributed by atoms with E-state index in [0.29, 0.717) is 36.5 Å². The molecule has 3 aliphatic rings. The van der Waals surface area contributed by atoms with Crippen molar-refractivity contribution in [3.8, 4) is 0 Å². The highest BCUT2D eigenvalue weighted by Gasteiger charge is 2.48. The van der Waals surface area contributed by atoms with E-state index >= 15 is 0 Å². The quantitative estimate of drug-likeness (QED) is 0.0353. The number of amides is 5. The van der Waals surface area contributed by atoms with Crippen LogP contribution in [0.4, 0.5) is 0 Å². The number of nitrogens with zero attached hydrogens (tertiary/aromatic N) is 2. The van der Waals surface area contributed by atoms with Crippen LogP contribution in [0.5, 0.6) is 0 Å². The SMILES string of the molecule is COCCOCCOCCC(=O)NC[C@@H]1C[C@@H](N2C(=O)C=CC2=O)C(=O)N1CC(=O)C[C@H](C(=O)N[C@@H](C)C(=O)Cc1ccc(COC(=O)C(C)(C)C)c(CC[C@@H]2O[C@H](C(=O)O)[C@@H](O)[C@H](O)[C@H]2O)c1)C(C)C. The number of aliphatic hydroxyl groups is 3. The summed E-state index contributed by atoms with van der Waals surface area (Å²) in [4.78, 5) is 119. The molecule has 9 atom stereocenters. The number of esters is 1. The Bertz CT molecular complexity index is 2100. The first kappa shape index (κ1) is 58.1. The summed E-state index contributed by atoms with van der Waals surface area (Å²) in [5, 5.41) is 46.1. The number of hydrogen-bond acceptors (Lipinski definition) is 17. The van der Waals surface area contributed by atoms with Crippen molar-refractivity contribution in [2.24, 2.45) is 17.3 Å². The molecular formula is C49H70N4O18. The summed E-state index contributed by atoms with van der Waals surface area (Å²) >= 11 is 0. The number of methoxy groups -OCH3 is 1. The van der Waals surface area contributed by atoms with Crippen LogP contribution in [-0.4, -0.2) is 185 Å². The Hall–Kier alpha value is -5.49. The number of carbonyl (C=O) groups is 9. The molecule has 3 heterocycles. The van der Waals surface area contributed by atoms with Gasteiger partial charge in [-0.1, -0.05) is 32.0 Å². The van der Waals surface area contributed by atoms with Crippen LogP contribution in [0.25, 0.3) is 0 Å². The number of likely N-dealkylation sites (tertiary alicyclic amines) is 1. The van der Waals surface area contributed by atoms with Gasteiger partial charge in [0.25, 0.3) is 11.8 Å². The lowest BCUT2D eigenvalue weighted by Crippen LogP contribution is -2.59. The second-order valence-corrected chi connectivity index (χ2v) is 19.4. The van der Waals surface area contributed by atoms with Gasteiger partial charge in [0.1, 0.15) is 31.0 Å². The van der Waals surface area contributed by atoms with Gasteiger partial charge in [-0.15, -0.1) is 0 Å². The normalized spacial score (nSPS) is 23.3. The number of aliphatic carboxylic acids is 1. The second kappa shape index (κ2) is 26.8. The summed E-state index contributed by atoms with van der Waals surface area (Å²) in [5.41, 5.74) is 0.780. The average Bonchev–Trinajstić information content (AvgIpc) is 3.80. The molecule has 0 spiro atoms. The standard InChI is InChI=1S/C49H70N4O18/c1-27(2)34(23-33(54)25-52-32(22-35(46(52)63)53-39(57)12-13-40(53)58)24-50-38(56)14-15-68-18-19-69-17-16-67-7)45(62)51-28(3)36(55)21-29-8-9-31(26-70-48(66)49(4,5)6)30(20-29)10-11-37-41(59)42(60)43(61)44(71-37)47(64)65/h8-9,12-13,20,27-28,32,34-35,37,41-44,59-61H,10-11,14-19,21-26H2,1-7H3,(H,50,56)(H,51,62)(H,64,65)/t28-,32-,34-,35+,37-,41-,42+,43-,44-/m0/s1. The molecule has 6 N–H and O–H groups in total. The Morgan fingerprint density at radius 2 is 1.52 bits per heavy atom. The van der Waals surface area contributed by atoms with E-state index in [1.165, 1.54) is 11.8 Å². The zero-order valence-corrected chi connectivity index (χ0v) is 41.5. The molecule has 71 heavy (non-hydrogen) atoms. The van der Waals surface area contributed by atoms with Crippen molar-refractivity contribution in [3.05, 3.63) is 47.0 Å². The summed E-state index contributed by atoms with van der Waals surface area (Å²) < 4.78 is 26.7. The van der Waals surface area contributed by atoms with Crippen molar-refractivity contribution in [3.63, 3.8) is 0 Å². The molecular weight excluding hydrogens is 933 g/mol. The molecule has 3 aliphatic heterocycles. The molecule has 0 aromatic heterocycles. The maximum atomic E-state index is 13.8. The zero-order valence-electron chi connectivity index (χ0n) is 41.5. The average molecular weight is 1000 g/mol. The first-order chi connectivity index (χ1) is 33.4. The number of aliphatic hydroxyl groups excluding tert-OH is 3. The first-order valence-electron chi connectivity index (χ1n) is 23.8. The molecule has 2 saturated heterocycles. The number of Topliss-reactive ketones (excluding diaryl/α,β-unsaturated/α-hetero) is 2. The number of imide groups is 1. The van der Waals surface area contributed by atoms with Gasteiger partial charge in [-0.2, -0.15) is 0 Å². The fourth-order valence-corrected chi connectivity index (χ4v) is 8.24. The fourth-order valence-electron chi connectivity index (χ4n) is 8.24. The molecule has 394 valence electrons. The van der Waals surface area contributed by atoms with Gasteiger partial charge in [0.15, 0.2) is 17.7 Å². The molecule has 22 heteroatoms. The Labute approximate surface area is 412 Å². The molecule has 1 aromatic rings. The van der Waals surface area contributed by atoms with Crippen LogP contribution in [-0.2, 0) is 86.3 Å². The van der Waals surface area contributed by atoms with Crippen molar-refractivity contribution in [1.82, 2.24) is 20.4 Å². The Morgan fingerprint density at radius 1 is 0.873 bits per heavy atom. The summed E-state index contributed by atoms with van der Waals surface area (Å²) in [5.74, 6) is -7.32. The molecule has 0 saturated carbocycles. The van der Waals surface area contributed by atoms with Crippen LogP contribution < -0.4 is 10.6 Å². The third-order valence-electron chi connectivity index (χ3n) is 12.5. The summed E-state index contributed by atoms with van der Waals surface area (Å²) in [6.45, 7) is 10.7. The first-order valence-corrected chi connectivity index (χ1v) is 23.8. The number of benzene rings is 1. The Morgan fingerprint density at radius 3 is 2.14 bits per heavy atom. The number of aryl methyl sites for hydroxylation is 1. The van der Waals surface area contributed by atoms with Gasteiger partial charge in [0, 0.05) is 51.0 Å². The largest absolute Gasteiger partial charge is 0.479 e. The van der Waals surface area contributed by atoms with Crippen LogP contribution >= 0.6 is 0 Å². The van der Waals surface area contributed by atoms with Gasteiger partial charge in [0.05, 0.1) is 63.2 Å². The van der Waals surface area contributed by atoms with Gasteiger partial charge in [-0.25, -0.2) is 4.79 Å². The third kappa shape index (κ3) is 16.5. The number of carboxylic acids is 1. The molecule has 0 radical (unpaired) electrons. The molecule has 22 nitrogen and oxygen atoms in total. The van der Waals surface area contributed by atoms with Crippen LogP contribution in [0.3, 0.4) is 0 Å². The van der Waals surface area contributed by atoms with Gasteiger partial charge < -0.3 is 59.6 Å². The van der Waals surface area contributed by atoms with E-state index in [0.717, 1.165) is 17.1 Å². The van der Waals surface area contributed by atoms with Crippen molar-refractivity contribution < 1.29 is 87.3 Å². The number of carboxylic acid groups (broad SMARTS) is 1. The van der Waals surface area contributed by atoms with Gasteiger partial charge >= 0.3 is 11.9 Å². The van der Waals surface area contributed by atoms with Crippen molar-refractivity contribution >= 4 is 53.0 Å². The molecule has 0 bridgehead atoms. The Kier molecular flexibility index (Phi) is 21.9. The highest BCUT2D eigenvalue weighted by Crippen LogP contribution is 2.29. The number of ether oxygens (including phenoxy) is 5. The summed E-state index contributed by atoms with van der Waals surface area (Å²) in [7, 11) is 1.55. The van der Waals surface area contributed by atoms with Crippen molar-refractivity contribution in [1.29, 1.82) is 0 Å². The number of ketones is 2. The van der Waals surface area contributed by atoms with Crippen LogP contribution in [0, 0.1) is 17.3 Å². The number of nitrogens with one attached hydrogen (secondary N) is 2. The lowest BCUT2D eigenvalue weighted by Gasteiger charge is -2.39. The topological polar surface area (TPSA) is 311 Å². The predicted molar refractivity (Wildman–Crippen MR) is 249 cm³/mol. The molecule has 0 aliphatic carbocycles. The molecule has 5 amide bonds. The van der Waals surface area contributed by atoms with E-state index < -0.39 is 125 Å². The van der Waals surface area contributed by atoms with E-state index in [-0.39, 0.29) is 64.9 Å². The highest BCUT2D eigenvalue weighted by molar-refractivity contribution is 6.15. The third-order valence-corrected chi connectivity index (χ3v) is 12.5. The highest BCUT2D eigenvalue weighted by atomic mass is 16.6. The maximum Gasteiger partial charge on any atom is 0.335 e. The van der Waals surface area contributed by atoms with Crippen molar-refractivity contribution in [2.45, 2.75) is 135 Å². The fraction of sp³-hybridized carbons (Fsp3) is 0.653. The van der Waals surface area contributed by atoms with E-state index in [2.05, 4.69) is 10.6 Å². The number of carbonyl (C=O) groups excluding carboxylic acids is 8. The van der Waals surface area contributed by atoms with Crippen LogP contribution in [0.1, 0.15) is 83.9 Å². The second-order valence-electron chi connectivity index (χ2n) is 19.4. The van der Waals surface area contributed by atoms with Crippen LogP contribution in [0.2, 0.25) is 0 Å². The van der Waals surface area contributed by atoms with E-state index in [1.54, 1.807) is 59.9 Å². The Balaban J connectivity index is 1.40. The molecule has 1 aromatic carbocycles. The molecule has 2 fully saturated rings. The smallest absolute Gasteiger partial charge is 0.335 e. The van der Waals surface area contributed by atoms with Gasteiger partial charge in [0.2, 0.25) is 17.7 Å². The zero-order chi connectivity index (χ0) is 52.7. The minimum atomic E-state index is -1.87. The summed E-state index contributed by atoms with van der Waals surface area (Å²) in [6.07, 6.45) is -6.69. The minimum absolute atomic E-state index is 0.0106. The lowest BCUT2D eigenvalue weighted by atomic mass is 9.89.